The lowest BCUT2D eigenvalue weighted by Crippen LogP contribution is -2.24. The number of rotatable bonds is 4. The first kappa shape index (κ1) is 13.8. The lowest BCUT2D eigenvalue weighted by atomic mass is 9.95. The van der Waals surface area contributed by atoms with Gasteiger partial charge < -0.3 is 5.32 Å². The van der Waals surface area contributed by atoms with Crippen LogP contribution >= 0.6 is 0 Å². The van der Waals surface area contributed by atoms with Crippen LogP contribution in [0.1, 0.15) is 57.6 Å². The van der Waals surface area contributed by atoms with Gasteiger partial charge in [-0.15, -0.1) is 0 Å². The van der Waals surface area contributed by atoms with Crippen molar-refractivity contribution in [2.45, 2.75) is 57.9 Å². The largest absolute Gasteiger partial charge is 0.362 e. The average Bonchev–Trinajstić information content (AvgIpc) is 2.68. The van der Waals surface area contributed by atoms with E-state index in [1.807, 2.05) is 13.8 Å². The molecule has 1 aromatic rings. The third-order valence-corrected chi connectivity index (χ3v) is 3.72. The summed E-state index contributed by atoms with van der Waals surface area (Å²) in [4.78, 5) is 11.0. The first-order valence-electron chi connectivity index (χ1n) is 6.98. The van der Waals surface area contributed by atoms with Crippen LogP contribution < -0.4 is 5.32 Å². The molecule has 106 valence electrons. The van der Waals surface area contributed by atoms with Crippen molar-refractivity contribution in [3.63, 3.8) is 0 Å². The van der Waals surface area contributed by atoms with Gasteiger partial charge in [0.15, 0.2) is 0 Å². The highest BCUT2D eigenvalue weighted by Crippen LogP contribution is 2.34. The third kappa shape index (κ3) is 2.88. The Kier molecular flexibility index (Phi) is 4.07. The van der Waals surface area contributed by atoms with E-state index in [9.17, 15) is 10.1 Å². The molecule has 0 bridgehead atoms. The lowest BCUT2D eigenvalue weighted by Gasteiger charge is -2.23. The summed E-state index contributed by atoms with van der Waals surface area (Å²) in [7, 11) is 1.77. The Hall–Kier alpha value is -1.59. The third-order valence-electron chi connectivity index (χ3n) is 3.72. The second kappa shape index (κ2) is 5.59. The summed E-state index contributed by atoms with van der Waals surface area (Å²) < 4.78 is 1.61. The van der Waals surface area contributed by atoms with Gasteiger partial charge in [-0.1, -0.05) is 33.1 Å². The predicted octanol–water partition coefficient (Wildman–Crippen LogP) is 3.20. The minimum atomic E-state index is -0.312. The van der Waals surface area contributed by atoms with Gasteiger partial charge in [0.25, 0.3) is 0 Å². The highest BCUT2D eigenvalue weighted by molar-refractivity contribution is 5.61. The summed E-state index contributed by atoms with van der Waals surface area (Å²) in [5.74, 6) is 0.606. The van der Waals surface area contributed by atoms with Crippen molar-refractivity contribution < 1.29 is 4.92 Å². The summed E-state index contributed by atoms with van der Waals surface area (Å²) in [6.45, 7) is 3.86. The van der Waals surface area contributed by atoms with Crippen LogP contribution in [-0.2, 0) is 7.05 Å². The highest BCUT2D eigenvalue weighted by Gasteiger charge is 2.29. The van der Waals surface area contributed by atoms with Crippen LogP contribution in [0.2, 0.25) is 0 Å². The second-order valence-corrected chi connectivity index (χ2v) is 5.60. The van der Waals surface area contributed by atoms with Crippen LogP contribution in [-0.4, -0.2) is 20.7 Å². The summed E-state index contributed by atoms with van der Waals surface area (Å²) in [5.41, 5.74) is 0.703. The van der Waals surface area contributed by atoms with Crippen molar-refractivity contribution >= 4 is 11.5 Å². The van der Waals surface area contributed by atoms with Crippen molar-refractivity contribution in [1.29, 1.82) is 0 Å². The molecule has 6 nitrogen and oxygen atoms in total. The number of nitrogens with one attached hydrogen (secondary N) is 1. The fourth-order valence-electron chi connectivity index (χ4n) is 2.70. The van der Waals surface area contributed by atoms with E-state index in [2.05, 4.69) is 10.4 Å². The monoisotopic (exact) mass is 266 g/mol. The lowest BCUT2D eigenvalue weighted by molar-refractivity contribution is -0.384. The van der Waals surface area contributed by atoms with E-state index < -0.39 is 0 Å². The molecule has 19 heavy (non-hydrogen) atoms. The number of nitrogens with zero attached hydrogens (tertiary/aromatic N) is 3. The molecule has 1 heterocycles. The van der Waals surface area contributed by atoms with Gasteiger partial charge in [0.05, 0.1) is 4.92 Å². The summed E-state index contributed by atoms with van der Waals surface area (Å²) in [5, 5.41) is 19.0. The van der Waals surface area contributed by atoms with Gasteiger partial charge >= 0.3 is 5.69 Å². The van der Waals surface area contributed by atoms with Crippen molar-refractivity contribution in [2.24, 2.45) is 7.05 Å². The minimum Gasteiger partial charge on any atom is -0.362 e. The molecule has 0 aliphatic heterocycles. The average molecular weight is 266 g/mol. The zero-order valence-electron chi connectivity index (χ0n) is 11.8. The molecule has 0 aromatic carbocycles. The molecule has 0 atom stereocenters. The molecule has 1 aliphatic carbocycles. The quantitative estimate of drug-likeness (QED) is 0.671. The molecule has 1 aromatic heterocycles. The van der Waals surface area contributed by atoms with E-state index in [1.54, 1.807) is 11.7 Å². The van der Waals surface area contributed by atoms with Crippen molar-refractivity contribution in [3.8, 4) is 0 Å². The minimum absolute atomic E-state index is 0.0495. The van der Waals surface area contributed by atoms with Gasteiger partial charge in [-0.2, -0.15) is 5.10 Å². The Labute approximate surface area is 113 Å². The number of aryl methyl sites for hydroxylation is 1. The summed E-state index contributed by atoms with van der Waals surface area (Å²) in [6.07, 6.45) is 5.82. The molecule has 0 radical (unpaired) electrons. The predicted molar refractivity (Wildman–Crippen MR) is 74.4 cm³/mol. The van der Waals surface area contributed by atoms with E-state index in [-0.39, 0.29) is 16.5 Å². The van der Waals surface area contributed by atoms with E-state index in [0.717, 1.165) is 12.8 Å². The fraction of sp³-hybridized carbons (Fsp3) is 0.769. The van der Waals surface area contributed by atoms with Crippen molar-refractivity contribution in [2.75, 3.05) is 5.32 Å². The van der Waals surface area contributed by atoms with E-state index in [4.69, 9.17) is 0 Å². The maximum absolute atomic E-state index is 11.3. The number of hydrogen-bond donors (Lipinski definition) is 1. The molecule has 0 saturated heterocycles. The first-order chi connectivity index (χ1) is 9.00. The molecule has 2 rings (SSSR count). The maximum atomic E-state index is 11.3. The molecule has 6 heteroatoms. The van der Waals surface area contributed by atoms with E-state index in [0.29, 0.717) is 17.6 Å². The SMILES string of the molecule is CC(C)c1nn(C)c(NC2CCCCC2)c1[N+](=O)[O-]. The van der Waals surface area contributed by atoms with E-state index in [1.165, 1.54) is 19.3 Å². The number of aromatic nitrogens is 2. The Balaban J connectivity index is 2.30. The van der Waals surface area contributed by atoms with Crippen LogP contribution in [0.15, 0.2) is 0 Å². The fourth-order valence-corrected chi connectivity index (χ4v) is 2.70. The normalized spacial score (nSPS) is 16.8. The molecule has 0 unspecified atom stereocenters. The highest BCUT2D eigenvalue weighted by atomic mass is 16.6. The zero-order valence-corrected chi connectivity index (χ0v) is 11.8. The zero-order chi connectivity index (χ0) is 14.0. The molecular formula is C13H22N4O2. The van der Waals surface area contributed by atoms with Crippen molar-refractivity contribution in [3.05, 3.63) is 15.8 Å². The van der Waals surface area contributed by atoms with Gasteiger partial charge in [-0.05, 0) is 12.8 Å². The van der Waals surface area contributed by atoms with Crippen LogP contribution in [0, 0.1) is 10.1 Å². The maximum Gasteiger partial charge on any atom is 0.334 e. The number of anilines is 1. The number of nitro groups is 1. The molecule has 0 spiro atoms. The van der Waals surface area contributed by atoms with Crippen LogP contribution in [0.25, 0.3) is 0 Å². The smallest absolute Gasteiger partial charge is 0.334 e. The molecule has 1 saturated carbocycles. The second-order valence-electron chi connectivity index (χ2n) is 5.60. The number of hydrogen-bond acceptors (Lipinski definition) is 4. The first-order valence-corrected chi connectivity index (χ1v) is 6.98. The van der Waals surface area contributed by atoms with Crippen LogP contribution in [0.3, 0.4) is 0 Å². The Morgan fingerprint density at radius 3 is 2.53 bits per heavy atom. The Morgan fingerprint density at radius 1 is 1.37 bits per heavy atom. The van der Waals surface area contributed by atoms with Gasteiger partial charge in [0.1, 0.15) is 5.69 Å². The van der Waals surface area contributed by atoms with E-state index >= 15 is 0 Å². The van der Waals surface area contributed by atoms with Crippen LogP contribution in [0.4, 0.5) is 11.5 Å². The topological polar surface area (TPSA) is 73.0 Å². The molecule has 1 N–H and O–H groups in total. The summed E-state index contributed by atoms with van der Waals surface area (Å²) >= 11 is 0. The Morgan fingerprint density at radius 2 is 2.00 bits per heavy atom. The molecular weight excluding hydrogens is 244 g/mol. The standard InChI is InChI=1S/C13H22N4O2/c1-9(2)11-12(17(18)19)13(16(3)15-11)14-10-7-5-4-6-8-10/h9-10,14H,4-8H2,1-3H3. The van der Waals surface area contributed by atoms with Crippen molar-refractivity contribution in [1.82, 2.24) is 9.78 Å². The van der Waals surface area contributed by atoms with Gasteiger partial charge in [-0.3, -0.25) is 10.1 Å². The van der Waals surface area contributed by atoms with Crippen LogP contribution in [0.5, 0.6) is 0 Å². The molecule has 1 fully saturated rings. The van der Waals surface area contributed by atoms with Gasteiger partial charge in [0, 0.05) is 19.0 Å². The molecule has 1 aliphatic rings. The van der Waals surface area contributed by atoms with Gasteiger partial charge in [-0.25, -0.2) is 4.68 Å². The molecule has 0 amide bonds. The summed E-state index contributed by atoms with van der Waals surface area (Å²) in [6, 6.07) is 0.336. The van der Waals surface area contributed by atoms with Gasteiger partial charge in [0.2, 0.25) is 5.82 Å². The Bertz CT molecular complexity index is 461.